The lowest BCUT2D eigenvalue weighted by Crippen LogP contribution is -2.46. The topological polar surface area (TPSA) is 64.0 Å². The van der Waals surface area contributed by atoms with Crippen LogP contribution in [0.15, 0.2) is 10.4 Å². The van der Waals surface area contributed by atoms with Gasteiger partial charge in [0, 0.05) is 51.1 Å². The Kier molecular flexibility index (Phi) is 8.71. The molecule has 2 aliphatic rings. The summed E-state index contributed by atoms with van der Waals surface area (Å²) >= 11 is 1.76. The van der Waals surface area contributed by atoms with Crippen molar-refractivity contribution in [3.05, 3.63) is 11.1 Å². The van der Waals surface area contributed by atoms with Gasteiger partial charge in [-0.15, -0.1) is 35.3 Å². The zero-order valence-corrected chi connectivity index (χ0v) is 18.1. The molecule has 0 atom stereocenters. The predicted molar refractivity (Wildman–Crippen MR) is 115 cm³/mol. The van der Waals surface area contributed by atoms with Crippen LogP contribution in [0.1, 0.15) is 38.3 Å². The predicted octanol–water partition coefficient (Wildman–Crippen LogP) is 2.33. The molecule has 1 aromatic heterocycles. The van der Waals surface area contributed by atoms with Crippen LogP contribution in [0.25, 0.3) is 0 Å². The number of nitrogens with one attached hydrogen (secondary N) is 1. The molecular formula is C17H30IN5OS. The van der Waals surface area contributed by atoms with Crippen LogP contribution in [0.4, 0.5) is 5.13 Å². The van der Waals surface area contributed by atoms with Crippen LogP contribution in [-0.2, 0) is 6.42 Å². The van der Waals surface area contributed by atoms with E-state index >= 15 is 0 Å². The number of thiazole rings is 1. The molecular weight excluding hydrogens is 449 g/mol. The number of hydrogen-bond acceptors (Lipinski definition) is 5. The second-order valence-corrected chi connectivity index (χ2v) is 7.36. The van der Waals surface area contributed by atoms with Crippen molar-refractivity contribution in [2.75, 3.05) is 44.2 Å². The van der Waals surface area contributed by atoms with Crippen molar-refractivity contribution in [1.82, 2.24) is 15.2 Å². The molecule has 0 aliphatic carbocycles. The van der Waals surface area contributed by atoms with E-state index in [4.69, 9.17) is 9.98 Å². The van der Waals surface area contributed by atoms with Crippen molar-refractivity contribution in [2.45, 2.75) is 45.1 Å². The maximum Gasteiger partial charge on any atom is 0.193 e. The van der Waals surface area contributed by atoms with E-state index in [0.717, 1.165) is 70.2 Å². The van der Waals surface area contributed by atoms with Crippen LogP contribution in [-0.4, -0.2) is 66.3 Å². The van der Waals surface area contributed by atoms with Crippen molar-refractivity contribution < 1.29 is 5.11 Å². The summed E-state index contributed by atoms with van der Waals surface area (Å²) in [7, 11) is 0. The highest BCUT2D eigenvalue weighted by molar-refractivity contribution is 14.0. The first-order valence-corrected chi connectivity index (χ1v) is 10.0. The van der Waals surface area contributed by atoms with E-state index in [1.807, 2.05) is 0 Å². The average molecular weight is 479 g/mol. The highest BCUT2D eigenvalue weighted by Gasteiger charge is 2.19. The minimum atomic E-state index is -0.150. The van der Waals surface area contributed by atoms with Crippen molar-refractivity contribution in [3.8, 4) is 0 Å². The smallest absolute Gasteiger partial charge is 0.193 e. The average Bonchev–Trinajstić information content (AvgIpc) is 3.26. The first-order chi connectivity index (χ1) is 11.8. The van der Waals surface area contributed by atoms with Gasteiger partial charge in [0.2, 0.25) is 0 Å². The number of nitrogens with zero attached hydrogens (tertiary/aromatic N) is 4. The highest BCUT2D eigenvalue weighted by atomic mass is 127. The number of aliphatic hydroxyl groups is 1. The molecule has 2 N–H and O–H groups in total. The Morgan fingerprint density at radius 3 is 2.72 bits per heavy atom. The maximum absolute atomic E-state index is 9.66. The number of anilines is 1. The summed E-state index contributed by atoms with van der Waals surface area (Å²) in [4.78, 5) is 14.2. The SMILES string of the molecule is CCNC(=NCCc1csc(N2CCCC2)n1)N1CCC(O)CC1.I. The molecule has 0 unspecified atom stereocenters. The van der Waals surface area contributed by atoms with Gasteiger partial charge in [-0.1, -0.05) is 0 Å². The molecule has 1 aromatic rings. The van der Waals surface area contributed by atoms with Gasteiger partial charge in [0.1, 0.15) is 0 Å². The minimum Gasteiger partial charge on any atom is -0.393 e. The van der Waals surface area contributed by atoms with Gasteiger partial charge in [0.25, 0.3) is 0 Å². The fraction of sp³-hybridized carbons (Fsp3) is 0.765. The summed E-state index contributed by atoms with van der Waals surface area (Å²) in [6, 6.07) is 0. The lowest BCUT2D eigenvalue weighted by atomic mass is 10.1. The second kappa shape index (κ2) is 10.5. The van der Waals surface area contributed by atoms with E-state index in [0.29, 0.717) is 0 Å². The fourth-order valence-electron chi connectivity index (χ4n) is 3.24. The normalized spacial score (nSPS) is 19.2. The third-order valence-electron chi connectivity index (χ3n) is 4.64. The lowest BCUT2D eigenvalue weighted by molar-refractivity contribution is 0.108. The summed E-state index contributed by atoms with van der Waals surface area (Å²) < 4.78 is 0. The zero-order chi connectivity index (χ0) is 16.8. The molecule has 0 amide bonds. The van der Waals surface area contributed by atoms with E-state index in [2.05, 4.69) is 27.4 Å². The fourth-order valence-corrected chi connectivity index (χ4v) is 4.16. The number of likely N-dealkylation sites (tertiary alicyclic amines) is 1. The number of hydrogen-bond donors (Lipinski definition) is 2. The molecule has 2 aliphatic heterocycles. The Morgan fingerprint density at radius 1 is 1.32 bits per heavy atom. The van der Waals surface area contributed by atoms with Crippen LogP contribution < -0.4 is 10.2 Å². The van der Waals surface area contributed by atoms with Crippen molar-refractivity contribution >= 4 is 46.4 Å². The molecule has 0 saturated carbocycles. The Labute approximate surface area is 171 Å². The van der Waals surface area contributed by atoms with E-state index < -0.39 is 0 Å². The summed E-state index contributed by atoms with van der Waals surface area (Å²) in [6.45, 7) is 7.77. The van der Waals surface area contributed by atoms with Crippen LogP contribution in [0.2, 0.25) is 0 Å². The molecule has 0 bridgehead atoms. The lowest BCUT2D eigenvalue weighted by Gasteiger charge is -2.32. The Hall–Kier alpha value is -0.610. The summed E-state index contributed by atoms with van der Waals surface area (Å²) in [5.41, 5.74) is 1.15. The number of halogens is 1. The number of aromatic nitrogens is 1. The van der Waals surface area contributed by atoms with Crippen molar-refractivity contribution in [2.24, 2.45) is 4.99 Å². The molecule has 142 valence electrons. The van der Waals surface area contributed by atoms with Crippen molar-refractivity contribution in [1.29, 1.82) is 0 Å². The standard InChI is InChI=1S/C17H29N5OS.HI/c1-2-18-16(21-11-6-15(23)7-12-21)19-8-5-14-13-24-17(20-14)22-9-3-4-10-22;/h13,15,23H,2-12H2,1H3,(H,18,19);1H. The first kappa shape index (κ1) is 20.7. The van der Waals surface area contributed by atoms with Gasteiger partial charge in [-0.05, 0) is 32.6 Å². The molecule has 8 heteroatoms. The molecule has 2 fully saturated rings. The highest BCUT2D eigenvalue weighted by Crippen LogP contribution is 2.24. The van der Waals surface area contributed by atoms with Crippen LogP contribution in [0.3, 0.4) is 0 Å². The first-order valence-electron chi connectivity index (χ1n) is 9.17. The van der Waals surface area contributed by atoms with E-state index in [1.54, 1.807) is 11.3 Å². The van der Waals surface area contributed by atoms with Crippen molar-refractivity contribution in [3.63, 3.8) is 0 Å². The third-order valence-corrected chi connectivity index (χ3v) is 5.59. The van der Waals surface area contributed by atoms with Gasteiger partial charge in [0.15, 0.2) is 11.1 Å². The Balaban J connectivity index is 0.00000225. The van der Waals surface area contributed by atoms with Gasteiger partial charge < -0.3 is 20.2 Å². The van der Waals surface area contributed by atoms with Crippen LogP contribution >= 0.6 is 35.3 Å². The summed E-state index contributed by atoms with van der Waals surface area (Å²) in [6.07, 6.45) is 4.97. The van der Waals surface area contributed by atoms with Crippen LogP contribution in [0.5, 0.6) is 0 Å². The number of guanidine groups is 1. The Bertz CT molecular complexity index is 539. The number of aliphatic imine (C=N–C) groups is 1. The van der Waals surface area contributed by atoms with E-state index in [9.17, 15) is 5.11 Å². The molecule has 3 heterocycles. The van der Waals surface area contributed by atoms with Gasteiger partial charge in [-0.3, -0.25) is 4.99 Å². The minimum absolute atomic E-state index is 0. The van der Waals surface area contributed by atoms with E-state index in [-0.39, 0.29) is 30.1 Å². The van der Waals surface area contributed by atoms with Gasteiger partial charge in [-0.2, -0.15) is 0 Å². The van der Waals surface area contributed by atoms with E-state index in [1.165, 1.54) is 18.0 Å². The van der Waals surface area contributed by atoms with Gasteiger partial charge in [-0.25, -0.2) is 4.98 Å². The number of piperidine rings is 1. The quantitative estimate of drug-likeness (QED) is 0.386. The third kappa shape index (κ3) is 5.96. The summed E-state index contributed by atoms with van der Waals surface area (Å²) in [5.74, 6) is 0.972. The summed E-state index contributed by atoms with van der Waals surface area (Å²) in [5, 5.41) is 16.4. The maximum atomic E-state index is 9.66. The van der Waals surface area contributed by atoms with Crippen LogP contribution in [0, 0.1) is 0 Å². The molecule has 6 nitrogen and oxygen atoms in total. The molecule has 2 saturated heterocycles. The number of rotatable bonds is 5. The molecule has 0 aromatic carbocycles. The zero-order valence-electron chi connectivity index (χ0n) is 15.0. The second-order valence-electron chi connectivity index (χ2n) is 6.52. The molecule has 0 radical (unpaired) electrons. The molecule has 3 rings (SSSR count). The van der Waals surface area contributed by atoms with Gasteiger partial charge >= 0.3 is 0 Å². The molecule has 25 heavy (non-hydrogen) atoms. The largest absolute Gasteiger partial charge is 0.393 e. The molecule has 0 spiro atoms. The number of aliphatic hydroxyl groups excluding tert-OH is 1. The monoisotopic (exact) mass is 479 g/mol. The Morgan fingerprint density at radius 2 is 2.04 bits per heavy atom. The van der Waals surface area contributed by atoms with Gasteiger partial charge in [0.05, 0.1) is 11.8 Å².